The van der Waals surface area contributed by atoms with Gasteiger partial charge in [-0.05, 0) is 64.1 Å². The number of hydrogen-bond acceptors (Lipinski definition) is 16. The third kappa shape index (κ3) is 8.98. The highest BCUT2D eigenvalue weighted by Gasteiger charge is 2.40. The quantitative estimate of drug-likeness (QED) is 0.212. The zero-order valence-electron chi connectivity index (χ0n) is 34.2. The van der Waals surface area contributed by atoms with E-state index in [9.17, 15) is 52.6 Å². The molecular formula is C48H28N10O2S4. The van der Waals surface area contributed by atoms with Crippen LogP contribution in [0.4, 0.5) is 0 Å². The van der Waals surface area contributed by atoms with Crippen LogP contribution in [-0.4, -0.2) is 21.7 Å². The largest absolute Gasteiger partial charge is 0.480 e. The summed E-state index contributed by atoms with van der Waals surface area (Å²) >= 11 is 5.53. The fourth-order valence-electron chi connectivity index (χ4n) is 6.96. The number of allylic oxidation sites excluding steroid dienone is 8. The van der Waals surface area contributed by atoms with Gasteiger partial charge in [0, 0.05) is 51.0 Å². The Morgan fingerprint density at radius 1 is 0.531 bits per heavy atom. The molecule has 2 aromatic heterocycles. The van der Waals surface area contributed by atoms with E-state index in [1.165, 1.54) is 46.2 Å². The lowest BCUT2D eigenvalue weighted by Gasteiger charge is -2.20. The fraction of sp³-hybridized carbons (Fsp3) is 0.208. The van der Waals surface area contributed by atoms with Gasteiger partial charge in [0.05, 0.1) is 35.1 Å². The van der Waals surface area contributed by atoms with Crippen molar-refractivity contribution in [1.82, 2.24) is 0 Å². The van der Waals surface area contributed by atoms with E-state index in [1.807, 2.05) is 24.3 Å². The van der Waals surface area contributed by atoms with Gasteiger partial charge in [-0.3, -0.25) is 0 Å². The zero-order chi connectivity index (χ0) is 46.3. The average molecular weight is 905 g/mol. The minimum absolute atomic E-state index is 0.0556. The van der Waals surface area contributed by atoms with E-state index in [2.05, 4.69) is 36.4 Å². The van der Waals surface area contributed by atoms with Crippen LogP contribution in [-0.2, 0) is 9.47 Å². The molecule has 4 aliphatic heterocycles. The molecule has 0 radical (unpaired) electrons. The van der Waals surface area contributed by atoms with E-state index in [-0.39, 0.29) is 33.8 Å². The van der Waals surface area contributed by atoms with Gasteiger partial charge in [-0.25, -0.2) is 0 Å². The Morgan fingerprint density at radius 2 is 0.906 bits per heavy atom. The van der Waals surface area contributed by atoms with Crippen LogP contribution in [0.5, 0.6) is 0 Å². The van der Waals surface area contributed by atoms with Gasteiger partial charge in [0.15, 0.2) is 22.7 Å². The highest BCUT2D eigenvalue weighted by molar-refractivity contribution is 8.09. The van der Waals surface area contributed by atoms with Crippen LogP contribution >= 0.6 is 46.2 Å². The summed E-state index contributed by atoms with van der Waals surface area (Å²) in [6.07, 6.45) is 14.2. The maximum atomic E-state index is 10.2. The molecule has 6 rings (SSSR count). The van der Waals surface area contributed by atoms with E-state index in [1.54, 1.807) is 101 Å². The van der Waals surface area contributed by atoms with Crippen molar-refractivity contribution in [3.63, 3.8) is 0 Å². The fourth-order valence-corrected chi connectivity index (χ4v) is 11.4. The van der Waals surface area contributed by atoms with Gasteiger partial charge < -0.3 is 9.47 Å². The molecule has 64 heavy (non-hydrogen) atoms. The lowest BCUT2D eigenvalue weighted by atomic mass is 9.94. The number of rotatable bonds is 9. The highest BCUT2D eigenvalue weighted by Crippen LogP contribution is 2.51. The zero-order valence-corrected chi connectivity index (χ0v) is 37.4. The van der Waals surface area contributed by atoms with Crippen molar-refractivity contribution in [1.29, 1.82) is 52.6 Å². The van der Waals surface area contributed by atoms with Crippen molar-refractivity contribution in [2.75, 3.05) is 0 Å². The van der Waals surface area contributed by atoms with Crippen LogP contribution in [0.1, 0.15) is 47.2 Å². The molecule has 0 amide bonds. The Balaban J connectivity index is 1.17. The van der Waals surface area contributed by atoms with Gasteiger partial charge in [0.1, 0.15) is 70.9 Å². The Bertz CT molecular complexity index is 2910. The van der Waals surface area contributed by atoms with Gasteiger partial charge in [-0.15, -0.1) is 46.2 Å². The lowest BCUT2D eigenvalue weighted by Crippen LogP contribution is -2.20. The molecule has 0 saturated heterocycles. The molecule has 4 atom stereocenters. The number of ether oxygens (including phenoxy) is 2. The molecule has 12 nitrogen and oxygen atoms in total. The van der Waals surface area contributed by atoms with Gasteiger partial charge in [0.2, 0.25) is 0 Å². The van der Waals surface area contributed by atoms with E-state index in [4.69, 9.17) is 9.47 Å². The first-order valence-electron chi connectivity index (χ1n) is 18.9. The molecule has 0 saturated carbocycles. The second-order valence-electron chi connectivity index (χ2n) is 14.9. The van der Waals surface area contributed by atoms with Crippen LogP contribution < -0.4 is 0 Å². The van der Waals surface area contributed by atoms with Crippen LogP contribution in [0.15, 0.2) is 115 Å². The monoisotopic (exact) mass is 904 g/mol. The van der Waals surface area contributed by atoms with Crippen molar-refractivity contribution >= 4 is 69.5 Å². The smallest absolute Gasteiger partial charge is 0.172 e. The Morgan fingerprint density at radius 3 is 1.22 bits per heavy atom. The molecule has 4 unspecified atom stereocenters. The normalized spacial score (nSPS) is 22.0. The Kier molecular flexibility index (Phi) is 13.5. The lowest BCUT2D eigenvalue weighted by molar-refractivity contribution is 0.0951. The molecular weight excluding hydrogens is 877 g/mol. The summed E-state index contributed by atoms with van der Waals surface area (Å²) in [5.74, 6) is -1.24. The summed E-state index contributed by atoms with van der Waals surface area (Å²) in [6, 6.07) is 27.7. The van der Waals surface area contributed by atoms with Gasteiger partial charge in [0.25, 0.3) is 0 Å². The average Bonchev–Trinajstić information content (AvgIpc) is 4.15. The first-order valence-corrected chi connectivity index (χ1v) is 22.3. The van der Waals surface area contributed by atoms with Crippen LogP contribution in [0.25, 0.3) is 23.3 Å². The molecule has 0 N–H and O–H groups in total. The van der Waals surface area contributed by atoms with Gasteiger partial charge in [-0.2, -0.15) is 52.6 Å². The maximum absolute atomic E-state index is 10.2. The summed E-state index contributed by atoms with van der Waals surface area (Å²) in [4.78, 5) is 4.46. The third-order valence-corrected chi connectivity index (χ3v) is 15.0. The second-order valence-corrected chi connectivity index (χ2v) is 19.5. The second kappa shape index (κ2) is 18.9. The van der Waals surface area contributed by atoms with Crippen molar-refractivity contribution < 1.29 is 9.47 Å². The topological polar surface area (TPSA) is 256 Å². The van der Waals surface area contributed by atoms with E-state index in [0.717, 1.165) is 19.6 Å². The first kappa shape index (κ1) is 45.5. The molecule has 0 spiro atoms. The van der Waals surface area contributed by atoms with Crippen LogP contribution in [0.2, 0.25) is 0 Å². The summed E-state index contributed by atoms with van der Waals surface area (Å²) in [6.45, 7) is 6.94. The molecule has 306 valence electrons. The number of hydrogen-bond donors (Lipinski definition) is 0. The molecule has 0 bridgehead atoms. The number of nitriles is 10. The van der Waals surface area contributed by atoms with Gasteiger partial charge >= 0.3 is 0 Å². The summed E-state index contributed by atoms with van der Waals surface area (Å²) < 4.78 is 11.7. The predicted octanol–water partition coefficient (Wildman–Crippen LogP) is 10.5. The van der Waals surface area contributed by atoms with Crippen molar-refractivity contribution in [2.45, 2.75) is 49.4 Å². The van der Waals surface area contributed by atoms with Crippen molar-refractivity contribution in [2.24, 2.45) is 11.8 Å². The molecule has 2 aromatic rings. The number of thioether (sulfide) groups is 2. The van der Waals surface area contributed by atoms with Crippen LogP contribution in [0, 0.1) is 125 Å². The summed E-state index contributed by atoms with van der Waals surface area (Å²) in [5, 5.41) is 97.2. The Labute approximate surface area is 386 Å². The number of nitrogens with zero attached hydrogens (tertiary/aromatic N) is 10. The minimum Gasteiger partial charge on any atom is -0.480 e. The standard InChI is InChI=1S/C48H28N10O2S4/c1-47(2)37(35(25-57)45(59-47)31(21-53)22-54)9-5-33-7-11-39(61-33)27(17-49)13-41-29(19-51)15-43(63-41)44-16-30(20-52)42(64-44)14-28(18-50)40-12-8-34(62-40)6-10-38-36(26-58)46(32(23-55)24-56)60-48(38,3)4/h5-16,29-30,41-42H,1-4H3/b9-5+,10-6+,27-13+,28-14+. The Hall–Kier alpha value is -8.00. The third-order valence-electron chi connectivity index (χ3n) is 10.1. The molecule has 16 heteroatoms. The first-order chi connectivity index (χ1) is 30.7. The molecule has 0 fully saturated rings. The SMILES string of the molecule is CC1(C)OC(=C(C#N)C#N)C(C#N)=C1/C=C/c1ccc(/C(C#N)=C/C2SC(C3=CC(C#N)C(/C=C(\C#N)c4ccc(/C=C/C5=C(C#N)C(=C(C#N)C#N)OC5(C)C)s4)S3)=CC2C#N)s1. The van der Waals surface area contributed by atoms with Crippen LogP contribution in [0.3, 0.4) is 0 Å². The minimum atomic E-state index is -0.977. The maximum Gasteiger partial charge on any atom is 0.172 e. The molecule has 0 aliphatic carbocycles. The molecule has 6 heterocycles. The summed E-state index contributed by atoms with van der Waals surface area (Å²) in [5.41, 5.74) is -0.587. The van der Waals surface area contributed by atoms with Crippen molar-refractivity contribution in [3.05, 3.63) is 135 Å². The van der Waals surface area contributed by atoms with E-state index < -0.39 is 33.5 Å². The molecule has 0 aromatic carbocycles. The van der Waals surface area contributed by atoms with E-state index in [0.29, 0.717) is 32.0 Å². The summed E-state index contributed by atoms with van der Waals surface area (Å²) in [7, 11) is 0. The highest BCUT2D eigenvalue weighted by atomic mass is 32.2. The van der Waals surface area contributed by atoms with E-state index >= 15 is 0 Å². The van der Waals surface area contributed by atoms with Gasteiger partial charge in [-0.1, -0.05) is 36.5 Å². The number of thiophene rings is 2. The van der Waals surface area contributed by atoms with Crippen molar-refractivity contribution in [3.8, 4) is 60.7 Å². The molecule has 4 aliphatic rings. The predicted molar refractivity (Wildman–Crippen MR) is 243 cm³/mol.